The minimum Gasteiger partial charge on any atom is -0.309 e. The van der Waals surface area contributed by atoms with Gasteiger partial charge in [-0.05, 0) is 26.7 Å². The molecule has 0 unspecified atom stereocenters. The summed E-state index contributed by atoms with van der Waals surface area (Å²) in [6.45, 7) is 4.09. The van der Waals surface area contributed by atoms with E-state index >= 15 is 0 Å². The molecule has 1 atom stereocenters. The van der Waals surface area contributed by atoms with E-state index in [2.05, 4.69) is 16.5 Å². The molecule has 1 amide bonds. The van der Waals surface area contributed by atoms with Crippen LogP contribution < -0.4 is 5.32 Å². The van der Waals surface area contributed by atoms with Gasteiger partial charge in [0.15, 0.2) is 0 Å². The summed E-state index contributed by atoms with van der Waals surface area (Å²) in [6.07, 6.45) is 7.04. The molecule has 1 aromatic heterocycles. The number of rotatable bonds is 1. The van der Waals surface area contributed by atoms with Gasteiger partial charge in [-0.25, -0.2) is 4.68 Å². The molecule has 0 aromatic carbocycles. The first-order chi connectivity index (χ1) is 9.60. The van der Waals surface area contributed by atoms with E-state index in [4.69, 9.17) is 0 Å². The largest absolute Gasteiger partial charge is 0.309 e. The van der Waals surface area contributed by atoms with E-state index in [9.17, 15) is 10.1 Å². The molecular formula is C15H20N4O. The van der Waals surface area contributed by atoms with E-state index in [0.717, 1.165) is 37.1 Å². The third kappa shape index (κ3) is 1.67. The first-order valence-corrected chi connectivity index (χ1v) is 7.38. The standard InChI is InChI=1S/C15H20N4O/c1-10(2)19-13-12(9-17-19)15(6-4-3-5-7-15)11(8-16)14(20)18-13/h9-11H,3-7H2,1-2H3,(H,18,20)/t11-/m0/s1. The molecule has 5 nitrogen and oxygen atoms in total. The number of aromatic nitrogens is 2. The van der Waals surface area contributed by atoms with Crippen LogP contribution in [0.15, 0.2) is 6.20 Å². The molecule has 20 heavy (non-hydrogen) atoms. The fourth-order valence-electron chi connectivity index (χ4n) is 3.76. The highest BCUT2D eigenvalue weighted by Crippen LogP contribution is 2.50. The van der Waals surface area contributed by atoms with Crippen LogP contribution in [0.5, 0.6) is 0 Å². The molecule has 0 saturated heterocycles. The van der Waals surface area contributed by atoms with Crippen LogP contribution in [0.2, 0.25) is 0 Å². The summed E-state index contributed by atoms with van der Waals surface area (Å²) in [5.41, 5.74) is 0.745. The van der Waals surface area contributed by atoms with Crippen molar-refractivity contribution >= 4 is 11.7 Å². The molecule has 0 radical (unpaired) electrons. The van der Waals surface area contributed by atoms with Crippen molar-refractivity contribution in [2.75, 3.05) is 5.32 Å². The molecule has 1 fully saturated rings. The second kappa shape index (κ2) is 4.62. The fraction of sp³-hybridized carbons (Fsp3) is 0.667. The van der Waals surface area contributed by atoms with E-state index in [-0.39, 0.29) is 17.4 Å². The van der Waals surface area contributed by atoms with Crippen molar-refractivity contribution in [3.8, 4) is 6.07 Å². The van der Waals surface area contributed by atoms with Gasteiger partial charge in [0.25, 0.3) is 0 Å². The third-order valence-corrected chi connectivity index (χ3v) is 4.75. The molecule has 0 bridgehead atoms. The van der Waals surface area contributed by atoms with Crippen LogP contribution in [-0.4, -0.2) is 15.7 Å². The molecule has 1 aliphatic heterocycles. The molecule has 106 valence electrons. The van der Waals surface area contributed by atoms with Crippen LogP contribution in [0.4, 0.5) is 5.82 Å². The smallest absolute Gasteiger partial charge is 0.243 e. The Kier molecular flexibility index (Phi) is 3.04. The Labute approximate surface area is 119 Å². The number of amides is 1. The molecule has 5 heteroatoms. The van der Waals surface area contributed by atoms with E-state index in [1.807, 2.05) is 24.7 Å². The second-order valence-corrected chi connectivity index (χ2v) is 6.21. The normalized spacial score (nSPS) is 24.3. The zero-order valence-electron chi connectivity index (χ0n) is 12.0. The summed E-state index contributed by atoms with van der Waals surface area (Å²) in [6, 6.07) is 2.44. The first kappa shape index (κ1) is 13.2. The van der Waals surface area contributed by atoms with Crippen LogP contribution in [-0.2, 0) is 10.2 Å². The Bertz CT molecular complexity index is 575. The predicted octanol–water partition coefficient (Wildman–Crippen LogP) is 2.76. The maximum absolute atomic E-state index is 12.4. The Morgan fingerprint density at radius 1 is 1.45 bits per heavy atom. The Morgan fingerprint density at radius 2 is 2.15 bits per heavy atom. The second-order valence-electron chi connectivity index (χ2n) is 6.21. The topological polar surface area (TPSA) is 70.7 Å². The summed E-state index contributed by atoms with van der Waals surface area (Å²) in [5.74, 6) is 0.0582. The maximum atomic E-state index is 12.4. The van der Waals surface area contributed by atoms with Gasteiger partial charge in [-0.1, -0.05) is 19.3 Å². The molecule has 1 aromatic rings. The third-order valence-electron chi connectivity index (χ3n) is 4.75. The molecule has 1 N–H and O–H groups in total. The molecule has 2 aliphatic rings. The fourth-order valence-corrected chi connectivity index (χ4v) is 3.76. The average molecular weight is 272 g/mol. The Balaban J connectivity index is 2.17. The lowest BCUT2D eigenvalue weighted by molar-refractivity contribution is -0.121. The van der Waals surface area contributed by atoms with Crippen LogP contribution >= 0.6 is 0 Å². The summed E-state index contributed by atoms with van der Waals surface area (Å²) < 4.78 is 1.86. The molecule has 1 aliphatic carbocycles. The first-order valence-electron chi connectivity index (χ1n) is 7.38. The van der Waals surface area contributed by atoms with E-state index < -0.39 is 5.92 Å². The number of anilines is 1. The van der Waals surface area contributed by atoms with Gasteiger partial charge in [-0.3, -0.25) is 4.79 Å². The van der Waals surface area contributed by atoms with Crippen LogP contribution in [0.3, 0.4) is 0 Å². The minimum absolute atomic E-state index is 0.163. The van der Waals surface area contributed by atoms with Crippen LogP contribution in [0.1, 0.15) is 57.6 Å². The summed E-state index contributed by atoms with van der Waals surface area (Å²) in [4.78, 5) is 12.4. The molecule has 1 spiro atoms. The van der Waals surface area contributed by atoms with Gasteiger partial charge in [-0.2, -0.15) is 10.4 Å². The van der Waals surface area contributed by atoms with Crippen molar-refractivity contribution in [2.24, 2.45) is 5.92 Å². The van der Waals surface area contributed by atoms with Crippen LogP contribution in [0, 0.1) is 17.2 Å². The van der Waals surface area contributed by atoms with Gasteiger partial charge in [0.05, 0.1) is 12.3 Å². The zero-order chi connectivity index (χ0) is 14.3. The highest BCUT2D eigenvalue weighted by molar-refractivity contribution is 5.98. The lowest BCUT2D eigenvalue weighted by Crippen LogP contribution is -2.47. The van der Waals surface area contributed by atoms with Gasteiger partial charge >= 0.3 is 0 Å². The molecule has 1 saturated carbocycles. The van der Waals surface area contributed by atoms with Crippen molar-refractivity contribution in [3.05, 3.63) is 11.8 Å². The van der Waals surface area contributed by atoms with Crippen molar-refractivity contribution in [3.63, 3.8) is 0 Å². The number of fused-ring (bicyclic) bond motifs is 2. The Morgan fingerprint density at radius 3 is 2.75 bits per heavy atom. The van der Waals surface area contributed by atoms with Gasteiger partial charge in [0.2, 0.25) is 5.91 Å². The van der Waals surface area contributed by atoms with E-state index in [0.29, 0.717) is 0 Å². The summed E-state index contributed by atoms with van der Waals surface area (Å²) in [5, 5.41) is 16.8. The highest BCUT2D eigenvalue weighted by Gasteiger charge is 2.51. The monoisotopic (exact) mass is 272 g/mol. The molecular weight excluding hydrogens is 252 g/mol. The van der Waals surface area contributed by atoms with Gasteiger partial charge < -0.3 is 5.32 Å². The van der Waals surface area contributed by atoms with Crippen molar-refractivity contribution < 1.29 is 4.79 Å². The van der Waals surface area contributed by atoms with Gasteiger partial charge in [-0.15, -0.1) is 0 Å². The Hall–Kier alpha value is -1.83. The summed E-state index contributed by atoms with van der Waals surface area (Å²) in [7, 11) is 0. The predicted molar refractivity (Wildman–Crippen MR) is 75.1 cm³/mol. The van der Waals surface area contributed by atoms with E-state index in [1.54, 1.807) is 0 Å². The van der Waals surface area contributed by atoms with Gasteiger partial charge in [0.1, 0.15) is 11.7 Å². The van der Waals surface area contributed by atoms with Gasteiger partial charge in [0, 0.05) is 17.0 Å². The zero-order valence-corrected chi connectivity index (χ0v) is 12.0. The summed E-state index contributed by atoms with van der Waals surface area (Å²) >= 11 is 0. The number of carbonyl (C=O) groups excluding carboxylic acids is 1. The molecule has 2 heterocycles. The SMILES string of the molecule is CC(C)n1ncc2c1NC(=O)[C@H](C#N)C21CCCCC1. The van der Waals surface area contributed by atoms with Crippen LogP contribution in [0.25, 0.3) is 0 Å². The van der Waals surface area contributed by atoms with E-state index in [1.165, 1.54) is 6.42 Å². The number of nitrogens with one attached hydrogen (secondary N) is 1. The average Bonchev–Trinajstić information content (AvgIpc) is 2.84. The lowest BCUT2D eigenvalue weighted by Gasteiger charge is -2.43. The van der Waals surface area contributed by atoms with Crippen molar-refractivity contribution in [1.29, 1.82) is 5.26 Å². The molecule has 3 rings (SSSR count). The number of hydrogen-bond acceptors (Lipinski definition) is 3. The lowest BCUT2D eigenvalue weighted by atomic mass is 9.61. The number of carbonyl (C=O) groups is 1. The highest BCUT2D eigenvalue weighted by atomic mass is 16.2. The number of nitriles is 1. The number of hydrogen-bond donors (Lipinski definition) is 1. The van der Waals surface area contributed by atoms with Crippen molar-refractivity contribution in [1.82, 2.24) is 9.78 Å². The maximum Gasteiger partial charge on any atom is 0.243 e. The minimum atomic E-state index is -0.583. The quantitative estimate of drug-likeness (QED) is 0.854. The number of nitrogens with zero attached hydrogens (tertiary/aromatic N) is 3. The van der Waals surface area contributed by atoms with Crippen molar-refractivity contribution in [2.45, 2.75) is 57.4 Å².